The Balaban J connectivity index is 0.000000174. The number of nitrogens with zero attached hydrogens (tertiary/aromatic N) is 5. The topological polar surface area (TPSA) is 154 Å². The minimum absolute atomic E-state index is 0.0302. The summed E-state index contributed by atoms with van der Waals surface area (Å²) in [5, 5.41) is 5.38. The van der Waals surface area contributed by atoms with Crippen LogP contribution in [-0.2, 0) is 0 Å². The van der Waals surface area contributed by atoms with Crippen molar-refractivity contribution < 1.29 is 50.4 Å². The molecule has 0 bridgehead atoms. The Bertz CT molecular complexity index is 3100. The summed E-state index contributed by atoms with van der Waals surface area (Å²) >= 11 is 0. The maximum absolute atomic E-state index is 15.1. The zero-order chi connectivity index (χ0) is 48.2. The molecule has 19 heteroatoms. The highest BCUT2D eigenvalue weighted by Gasteiger charge is 2.33. The van der Waals surface area contributed by atoms with Gasteiger partial charge in [0.25, 0.3) is 0 Å². The van der Waals surface area contributed by atoms with Crippen molar-refractivity contribution in [3.63, 3.8) is 0 Å². The lowest BCUT2D eigenvalue weighted by Crippen LogP contribution is -2.41. The molecule has 0 saturated carbocycles. The van der Waals surface area contributed by atoms with Gasteiger partial charge in [0, 0.05) is 45.3 Å². The number of benzene rings is 4. The number of aromatic nitrogens is 6. The average molecular weight is 955 g/mol. The Morgan fingerprint density at radius 1 is 0.580 bits per heavy atom. The lowest BCUT2D eigenvalue weighted by molar-refractivity contribution is -0.148. The van der Waals surface area contributed by atoms with Gasteiger partial charge in [-0.1, -0.05) is 0 Å². The second kappa shape index (κ2) is 20.3. The first kappa shape index (κ1) is 47.1. The summed E-state index contributed by atoms with van der Waals surface area (Å²) in [5.74, 6) is 2.30. The third-order valence-corrected chi connectivity index (χ3v) is 12.4. The number of ether oxygens (including phenoxy) is 6. The number of likely N-dealkylation sites (tertiary alicyclic amines) is 1. The van der Waals surface area contributed by atoms with E-state index in [9.17, 15) is 13.2 Å². The van der Waals surface area contributed by atoms with Gasteiger partial charge < -0.3 is 43.7 Å². The second-order valence-corrected chi connectivity index (χ2v) is 17.3. The molecule has 4 aromatic heterocycles. The Kier molecular flexibility index (Phi) is 13.9. The van der Waals surface area contributed by atoms with Crippen molar-refractivity contribution in [2.45, 2.75) is 45.7 Å². The van der Waals surface area contributed by atoms with Crippen molar-refractivity contribution in [2.24, 2.45) is 11.8 Å². The van der Waals surface area contributed by atoms with E-state index in [0.29, 0.717) is 106 Å². The van der Waals surface area contributed by atoms with Crippen LogP contribution in [0.4, 0.5) is 22.0 Å². The fourth-order valence-electron chi connectivity index (χ4n) is 8.76. The molecule has 0 radical (unpaired) electrons. The van der Waals surface area contributed by atoms with Gasteiger partial charge in [0.05, 0.1) is 55.8 Å². The van der Waals surface area contributed by atoms with Gasteiger partial charge in [-0.3, -0.25) is 4.90 Å². The van der Waals surface area contributed by atoms with Gasteiger partial charge in [0.2, 0.25) is 11.8 Å². The number of methoxy groups -OCH3 is 2. The Labute approximate surface area is 393 Å². The van der Waals surface area contributed by atoms with E-state index >= 15 is 8.78 Å². The molecule has 8 aromatic rings. The molecule has 0 amide bonds. The number of hydrogen-bond acceptors (Lipinski definition) is 12. The molecule has 2 saturated heterocycles. The molecule has 0 atom stereocenters. The number of hydrogen-bond donors (Lipinski definition) is 3. The largest absolute Gasteiger partial charge is 0.493 e. The molecular weight excluding hydrogens is 904 g/mol. The lowest BCUT2D eigenvalue weighted by Gasteiger charge is -2.32. The van der Waals surface area contributed by atoms with E-state index in [2.05, 4.69) is 35.2 Å². The van der Waals surface area contributed by atoms with Crippen LogP contribution in [0.2, 0.25) is 0 Å². The second-order valence-electron chi connectivity index (χ2n) is 17.3. The highest BCUT2D eigenvalue weighted by atomic mass is 19.4. The van der Waals surface area contributed by atoms with Gasteiger partial charge in [-0.25, -0.2) is 28.7 Å². The van der Waals surface area contributed by atoms with E-state index < -0.39 is 24.4 Å². The summed E-state index contributed by atoms with van der Waals surface area (Å²) in [6.45, 7) is 6.60. The quantitative estimate of drug-likeness (QED) is 0.0943. The first-order chi connectivity index (χ1) is 33.3. The molecule has 14 nitrogen and oxygen atoms in total. The maximum Gasteiger partial charge on any atom is 0.401 e. The van der Waals surface area contributed by atoms with Crippen molar-refractivity contribution in [2.75, 3.05) is 60.2 Å². The standard InChI is InChI=1S/C26H26F4N4O3.C24H25FN4O3/c1-15-9-17-19(33-15)3-4-21(24(17)27)37-25-18-10-22(35-2)23(11-20(18)31-14-32-25)36-12-16-5-7-34(8-6-16)13-26(28,29)30;1-14-9-16-18(29-14)3-4-20(23(16)25)32-24-17-10-21(30-2)22(11-19(17)27-13-28-24)31-12-15-5-7-26-8-6-15/h3-4,9-11,14,16,33H,5-8,12-13H2,1-2H3;3-4,9-11,13,15,26,29H,5-8,12H2,1-2H3. The SMILES string of the molecule is COc1cc2c(Oc3ccc4[nH]c(C)cc4c3F)ncnc2cc1OCC1CCN(CC(F)(F)F)CC1.COc1cc2c(Oc3ccc4[nH]c(C)cc4c3F)ncnc2cc1OCC1CCNCC1. The summed E-state index contributed by atoms with van der Waals surface area (Å²) in [5.41, 5.74) is 4.25. The fraction of sp³-hybridized carbons (Fsp3) is 0.360. The van der Waals surface area contributed by atoms with Crippen LogP contribution < -0.4 is 33.7 Å². The predicted molar refractivity (Wildman–Crippen MR) is 250 cm³/mol. The average Bonchev–Trinajstić information content (AvgIpc) is 3.93. The summed E-state index contributed by atoms with van der Waals surface area (Å²) < 4.78 is 103. The van der Waals surface area contributed by atoms with Gasteiger partial charge in [-0.15, -0.1) is 0 Å². The number of piperidine rings is 2. The number of aryl methyl sites for hydroxylation is 2. The van der Waals surface area contributed by atoms with Crippen molar-refractivity contribution >= 4 is 43.6 Å². The lowest BCUT2D eigenvalue weighted by atomic mass is 9.98. The van der Waals surface area contributed by atoms with E-state index in [-0.39, 0.29) is 29.2 Å². The Morgan fingerprint density at radius 3 is 1.49 bits per heavy atom. The molecule has 69 heavy (non-hydrogen) atoms. The van der Waals surface area contributed by atoms with Crippen LogP contribution in [0.1, 0.15) is 37.1 Å². The zero-order valence-corrected chi connectivity index (χ0v) is 38.4. The molecule has 362 valence electrons. The normalized spacial score (nSPS) is 15.1. The molecule has 2 aliphatic rings. The zero-order valence-electron chi connectivity index (χ0n) is 38.4. The van der Waals surface area contributed by atoms with Gasteiger partial charge in [0.15, 0.2) is 46.1 Å². The van der Waals surface area contributed by atoms with Crippen molar-refractivity contribution in [3.05, 3.63) is 96.3 Å². The van der Waals surface area contributed by atoms with Crippen LogP contribution in [0.5, 0.6) is 46.3 Å². The molecule has 6 heterocycles. The monoisotopic (exact) mass is 954 g/mol. The molecule has 3 N–H and O–H groups in total. The number of halogens is 5. The third kappa shape index (κ3) is 10.8. The minimum Gasteiger partial charge on any atom is -0.493 e. The summed E-state index contributed by atoms with van der Waals surface area (Å²) in [6.07, 6.45) is 1.94. The molecule has 10 rings (SSSR count). The van der Waals surface area contributed by atoms with E-state index in [1.165, 1.54) is 30.7 Å². The third-order valence-electron chi connectivity index (χ3n) is 12.4. The van der Waals surface area contributed by atoms with Gasteiger partial charge in [-0.2, -0.15) is 13.2 Å². The molecule has 0 aliphatic carbocycles. The van der Waals surface area contributed by atoms with Gasteiger partial charge in [0.1, 0.15) is 12.7 Å². The van der Waals surface area contributed by atoms with Gasteiger partial charge in [-0.05, 0) is 126 Å². The van der Waals surface area contributed by atoms with Crippen LogP contribution in [0, 0.1) is 37.3 Å². The smallest absolute Gasteiger partial charge is 0.401 e. The molecule has 4 aromatic carbocycles. The highest BCUT2D eigenvalue weighted by molar-refractivity contribution is 5.89. The van der Waals surface area contributed by atoms with Crippen LogP contribution in [0.15, 0.2) is 73.3 Å². The van der Waals surface area contributed by atoms with Crippen molar-refractivity contribution in [3.8, 4) is 46.3 Å². The summed E-state index contributed by atoms with van der Waals surface area (Å²) in [7, 11) is 3.08. The Hall–Kier alpha value is -6.99. The van der Waals surface area contributed by atoms with Crippen LogP contribution in [0.3, 0.4) is 0 Å². The first-order valence-electron chi connectivity index (χ1n) is 22.6. The van der Waals surface area contributed by atoms with Crippen LogP contribution in [-0.4, -0.2) is 101 Å². The Morgan fingerprint density at radius 2 is 1.04 bits per heavy atom. The summed E-state index contributed by atoms with van der Waals surface area (Å²) in [6, 6.07) is 17.1. The number of fused-ring (bicyclic) bond motifs is 4. The number of nitrogens with one attached hydrogen (secondary N) is 3. The molecule has 0 unspecified atom stereocenters. The maximum atomic E-state index is 15.1. The van der Waals surface area contributed by atoms with E-state index in [0.717, 1.165) is 42.8 Å². The van der Waals surface area contributed by atoms with Crippen molar-refractivity contribution in [1.29, 1.82) is 0 Å². The fourth-order valence-corrected chi connectivity index (χ4v) is 8.76. The first-order valence-corrected chi connectivity index (χ1v) is 22.6. The van der Waals surface area contributed by atoms with Gasteiger partial charge >= 0.3 is 6.18 Å². The molecular formula is C50H51F5N8O6. The predicted octanol–water partition coefficient (Wildman–Crippen LogP) is 10.8. The van der Waals surface area contributed by atoms with Crippen molar-refractivity contribution in [1.82, 2.24) is 40.1 Å². The number of alkyl halides is 3. The van der Waals surface area contributed by atoms with Crippen LogP contribution >= 0.6 is 0 Å². The summed E-state index contributed by atoms with van der Waals surface area (Å²) in [4.78, 5) is 24.7. The molecule has 2 aliphatic heterocycles. The molecule has 0 spiro atoms. The van der Waals surface area contributed by atoms with E-state index in [1.54, 1.807) is 55.6 Å². The van der Waals surface area contributed by atoms with E-state index in [1.807, 2.05) is 19.9 Å². The highest BCUT2D eigenvalue weighted by Crippen LogP contribution is 2.40. The number of H-pyrrole nitrogens is 2. The number of rotatable bonds is 13. The number of aromatic amines is 2. The van der Waals surface area contributed by atoms with Crippen LogP contribution in [0.25, 0.3) is 43.6 Å². The molecule has 2 fully saturated rings. The van der Waals surface area contributed by atoms with E-state index in [4.69, 9.17) is 28.4 Å². The minimum atomic E-state index is -4.19.